The third-order valence-electron chi connectivity index (χ3n) is 1.17. The van der Waals surface area contributed by atoms with Crippen LogP contribution in [0.5, 0.6) is 0 Å². The van der Waals surface area contributed by atoms with Crippen molar-refractivity contribution in [1.29, 1.82) is 0 Å². The lowest BCUT2D eigenvalue weighted by atomic mass is 10.1. The molecule has 0 aliphatic rings. The minimum Gasteiger partial charge on any atom is -0.0911 e. The second kappa shape index (κ2) is 5.61. The van der Waals surface area contributed by atoms with Crippen molar-refractivity contribution in [2.75, 3.05) is 0 Å². The molecule has 0 saturated heterocycles. The zero-order chi connectivity index (χ0) is 7.11. The second-order valence-electron chi connectivity index (χ2n) is 2.22. The Morgan fingerprint density at radius 3 is 2.44 bits per heavy atom. The minimum absolute atomic E-state index is 0.606. The van der Waals surface area contributed by atoms with E-state index in [1.807, 2.05) is 0 Å². The van der Waals surface area contributed by atoms with Crippen LogP contribution < -0.4 is 0 Å². The fraction of sp³-hybridized carbons (Fsp3) is 0.556. The Bertz CT molecular complexity index is 98.6. The normalized spacial score (nSPS) is 15.4. The van der Waals surface area contributed by atoms with Crippen molar-refractivity contribution < 1.29 is 0 Å². The summed E-state index contributed by atoms with van der Waals surface area (Å²) in [6, 6.07) is 0. The topological polar surface area (TPSA) is 0 Å². The van der Waals surface area contributed by atoms with Crippen molar-refractivity contribution in [2.45, 2.75) is 27.2 Å². The van der Waals surface area contributed by atoms with Crippen LogP contribution in [0.1, 0.15) is 27.2 Å². The van der Waals surface area contributed by atoms with Crippen molar-refractivity contribution in [3.05, 3.63) is 24.3 Å². The Balaban J connectivity index is 3.48. The molecule has 0 rings (SSSR count). The van der Waals surface area contributed by atoms with Gasteiger partial charge in [0.2, 0.25) is 0 Å². The molecule has 0 aromatic rings. The second-order valence-corrected chi connectivity index (χ2v) is 2.22. The van der Waals surface area contributed by atoms with Gasteiger partial charge >= 0.3 is 0 Å². The highest BCUT2D eigenvalue weighted by Crippen LogP contribution is 1.99. The van der Waals surface area contributed by atoms with E-state index >= 15 is 0 Å². The number of rotatable bonds is 3. The maximum absolute atomic E-state index is 2.22. The van der Waals surface area contributed by atoms with Gasteiger partial charge in [0.05, 0.1) is 0 Å². The molecule has 0 heterocycles. The fourth-order valence-corrected chi connectivity index (χ4v) is 0.718. The quantitative estimate of drug-likeness (QED) is 0.507. The molecule has 0 saturated carbocycles. The maximum Gasteiger partial charge on any atom is -0.00820 e. The van der Waals surface area contributed by atoms with Gasteiger partial charge in [-0.15, -0.1) is 0 Å². The summed E-state index contributed by atoms with van der Waals surface area (Å²) in [5, 5.41) is 0. The average Bonchev–Trinajstić information content (AvgIpc) is 1.85. The van der Waals surface area contributed by atoms with E-state index in [4.69, 9.17) is 0 Å². The lowest BCUT2D eigenvalue weighted by molar-refractivity contribution is 0.928. The van der Waals surface area contributed by atoms with Gasteiger partial charge < -0.3 is 0 Å². The van der Waals surface area contributed by atoms with Crippen LogP contribution >= 0.6 is 0 Å². The summed E-state index contributed by atoms with van der Waals surface area (Å²) in [6.07, 6.45) is 9.84. The lowest BCUT2D eigenvalue weighted by Crippen LogP contribution is -1.79. The first-order valence-corrected chi connectivity index (χ1v) is 3.60. The summed E-state index contributed by atoms with van der Waals surface area (Å²) in [7, 11) is 0. The zero-order valence-corrected chi connectivity index (χ0v) is 6.59. The molecular formula is C9H16. The van der Waals surface area contributed by atoms with Gasteiger partial charge in [-0.2, -0.15) is 0 Å². The molecule has 0 aliphatic carbocycles. The molecule has 0 radical (unpaired) electrons. The van der Waals surface area contributed by atoms with E-state index in [9.17, 15) is 0 Å². The van der Waals surface area contributed by atoms with Crippen LogP contribution in [0.3, 0.4) is 0 Å². The summed E-state index contributed by atoms with van der Waals surface area (Å²) in [4.78, 5) is 0. The molecule has 52 valence electrons. The molecule has 0 bridgehead atoms. The van der Waals surface area contributed by atoms with E-state index in [1.54, 1.807) is 0 Å². The highest BCUT2D eigenvalue weighted by Gasteiger charge is 1.84. The van der Waals surface area contributed by atoms with Crippen LogP contribution in [0.25, 0.3) is 0 Å². The van der Waals surface area contributed by atoms with Crippen molar-refractivity contribution >= 4 is 0 Å². The zero-order valence-electron chi connectivity index (χ0n) is 6.59. The fourth-order valence-electron chi connectivity index (χ4n) is 0.718. The standard InChI is InChI=1S/C9H16/c1-4-6-8-9(3)7-5-2/h5-9H,4H2,1-3H3. The predicted octanol–water partition coefficient (Wildman–Crippen LogP) is 3.16. The first kappa shape index (κ1) is 8.48. The number of hydrogen-bond donors (Lipinski definition) is 0. The van der Waals surface area contributed by atoms with Crippen LogP contribution in [0.15, 0.2) is 24.3 Å². The van der Waals surface area contributed by atoms with Gasteiger partial charge in [0.15, 0.2) is 0 Å². The highest BCUT2D eigenvalue weighted by molar-refractivity contribution is 4.96. The molecule has 0 aliphatic heterocycles. The SMILES string of the molecule is CC=CC(C)C=CCC. The van der Waals surface area contributed by atoms with E-state index in [0.717, 1.165) is 6.42 Å². The monoisotopic (exact) mass is 124 g/mol. The molecule has 1 atom stereocenters. The van der Waals surface area contributed by atoms with E-state index < -0.39 is 0 Å². The van der Waals surface area contributed by atoms with Crippen molar-refractivity contribution in [2.24, 2.45) is 5.92 Å². The molecule has 0 spiro atoms. The van der Waals surface area contributed by atoms with Crippen LogP contribution in [-0.2, 0) is 0 Å². The van der Waals surface area contributed by atoms with Crippen molar-refractivity contribution in [3.63, 3.8) is 0 Å². The predicted molar refractivity (Wildman–Crippen MR) is 43.4 cm³/mol. The van der Waals surface area contributed by atoms with Crippen LogP contribution in [0.4, 0.5) is 0 Å². The van der Waals surface area contributed by atoms with E-state index in [0.29, 0.717) is 5.92 Å². The molecule has 0 nitrogen and oxygen atoms in total. The Morgan fingerprint density at radius 2 is 2.00 bits per heavy atom. The summed E-state index contributed by atoms with van der Waals surface area (Å²) in [6.45, 7) is 6.39. The largest absolute Gasteiger partial charge is 0.0911 e. The van der Waals surface area contributed by atoms with Gasteiger partial charge in [-0.3, -0.25) is 0 Å². The van der Waals surface area contributed by atoms with Crippen molar-refractivity contribution in [3.8, 4) is 0 Å². The number of allylic oxidation sites excluding steroid dienone is 4. The molecule has 0 fully saturated rings. The summed E-state index contributed by atoms with van der Waals surface area (Å²) in [5.74, 6) is 0.606. The van der Waals surface area contributed by atoms with Crippen molar-refractivity contribution in [1.82, 2.24) is 0 Å². The van der Waals surface area contributed by atoms with E-state index in [-0.39, 0.29) is 0 Å². The van der Waals surface area contributed by atoms with Gasteiger partial charge in [0.1, 0.15) is 0 Å². The third kappa shape index (κ3) is 5.35. The summed E-state index contributed by atoms with van der Waals surface area (Å²) < 4.78 is 0. The van der Waals surface area contributed by atoms with E-state index in [2.05, 4.69) is 45.1 Å². The molecule has 0 amide bonds. The molecular weight excluding hydrogens is 108 g/mol. The van der Waals surface area contributed by atoms with E-state index in [1.165, 1.54) is 0 Å². The van der Waals surface area contributed by atoms with Gasteiger partial charge in [-0.05, 0) is 19.3 Å². The summed E-state index contributed by atoms with van der Waals surface area (Å²) >= 11 is 0. The molecule has 1 unspecified atom stereocenters. The van der Waals surface area contributed by atoms with Gasteiger partial charge in [0, 0.05) is 0 Å². The molecule has 0 N–H and O–H groups in total. The van der Waals surface area contributed by atoms with Crippen LogP contribution in [-0.4, -0.2) is 0 Å². The molecule has 0 aromatic carbocycles. The minimum atomic E-state index is 0.606. The Morgan fingerprint density at radius 1 is 1.33 bits per heavy atom. The smallest absolute Gasteiger partial charge is 0.00820 e. The number of hydrogen-bond acceptors (Lipinski definition) is 0. The van der Waals surface area contributed by atoms with Crippen LogP contribution in [0, 0.1) is 5.92 Å². The Kier molecular flexibility index (Phi) is 5.29. The Hall–Kier alpha value is -0.520. The first-order valence-electron chi connectivity index (χ1n) is 3.60. The van der Waals surface area contributed by atoms with Gasteiger partial charge in [-0.1, -0.05) is 38.2 Å². The third-order valence-corrected chi connectivity index (χ3v) is 1.17. The average molecular weight is 124 g/mol. The Labute approximate surface area is 58.3 Å². The molecule has 0 aromatic heterocycles. The highest BCUT2D eigenvalue weighted by atomic mass is 13.9. The summed E-state index contributed by atoms with van der Waals surface area (Å²) in [5.41, 5.74) is 0. The lowest BCUT2D eigenvalue weighted by Gasteiger charge is -1.93. The molecule has 9 heavy (non-hydrogen) atoms. The van der Waals surface area contributed by atoms with Crippen LogP contribution in [0.2, 0.25) is 0 Å². The first-order chi connectivity index (χ1) is 4.31. The van der Waals surface area contributed by atoms with Gasteiger partial charge in [0.25, 0.3) is 0 Å². The van der Waals surface area contributed by atoms with Gasteiger partial charge in [-0.25, -0.2) is 0 Å². The molecule has 0 heteroatoms. The maximum atomic E-state index is 2.22.